The zero-order chi connectivity index (χ0) is 18.2. The number of hydrogen-bond acceptors (Lipinski definition) is 4. The van der Waals surface area contributed by atoms with E-state index < -0.39 is 5.41 Å². The summed E-state index contributed by atoms with van der Waals surface area (Å²) in [6.45, 7) is 3.67. The smallest absolute Gasteiger partial charge is 0.255 e. The Morgan fingerprint density at radius 2 is 1.76 bits per heavy atom. The predicted octanol–water partition coefficient (Wildman–Crippen LogP) is 3.19. The molecule has 130 valence electrons. The number of methoxy groups -OCH3 is 2. The monoisotopic (exact) mass is 340 g/mol. The van der Waals surface area contributed by atoms with Crippen LogP contribution in [-0.4, -0.2) is 26.0 Å². The molecule has 2 aromatic carbocycles. The molecule has 1 aliphatic heterocycles. The quantitative estimate of drug-likeness (QED) is 0.896. The molecular formula is C19H20N2O4. The van der Waals surface area contributed by atoms with Gasteiger partial charge in [0.15, 0.2) is 11.5 Å². The molecule has 0 bridgehead atoms. The van der Waals surface area contributed by atoms with Crippen molar-refractivity contribution in [1.29, 1.82) is 0 Å². The van der Waals surface area contributed by atoms with Gasteiger partial charge in [-0.15, -0.1) is 0 Å². The Labute approximate surface area is 146 Å². The lowest BCUT2D eigenvalue weighted by Crippen LogP contribution is -2.27. The third-order valence-electron chi connectivity index (χ3n) is 4.41. The number of amides is 2. The standard InChI is InChI=1S/C19H20N2O4/c1-19(2)13-9-11(5-7-14(13)21-18(19)23)17(22)20-12-6-8-15(24-3)16(10-12)25-4/h5-10H,1-4H3,(H,20,22)(H,21,23). The zero-order valence-corrected chi connectivity index (χ0v) is 14.6. The molecule has 0 saturated heterocycles. The van der Waals surface area contributed by atoms with Crippen LogP contribution in [0.4, 0.5) is 11.4 Å². The average molecular weight is 340 g/mol. The van der Waals surface area contributed by atoms with E-state index in [9.17, 15) is 9.59 Å². The van der Waals surface area contributed by atoms with Crippen LogP contribution in [0.5, 0.6) is 11.5 Å². The van der Waals surface area contributed by atoms with Crippen LogP contribution >= 0.6 is 0 Å². The summed E-state index contributed by atoms with van der Waals surface area (Å²) in [7, 11) is 3.09. The van der Waals surface area contributed by atoms with Crippen LogP contribution in [0.15, 0.2) is 36.4 Å². The molecule has 0 saturated carbocycles. The van der Waals surface area contributed by atoms with Crippen molar-refractivity contribution in [2.75, 3.05) is 24.9 Å². The Hall–Kier alpha value is -3.02. The van der Waals surface area contributed by atoms with E-state index in [2.05, 4.69) is 10.6 Å². The van der Waals surface area contributed by atoms with Gasteiger partial charge in [-0.25, -0.2) is 0 Å². The van der Waals surface area contributed by atoms with Crippen molar-refractivity contribution in [2.24, 2.45) is 0 Å². The molecule has 25 heavy (non-hydrogen) atoms. The number of anilines is 2. The van der Waals surface area contributed by atoms with E-state index in [0.29, 0.717) is 22.7 Å². The average Bonchev–Trinajstić information content (AvgIpc) is 2.83. The van der Waals surface area contributed by atoms with Crippen molar-refractivity contribution in [2.45, 2.75) is 19.3 Å². The van der Waals surface area contributed by atoms with Crippen molar-refractivity contribution in [1.82, 2.24) is 0 Å². The van der Waals surface area contributed by atoms with Crippen LogP contribution in [0.2, 0.25) is 0 Å². The fraction of sp³-hybridized carbons (Fsp3) is 0.263. The Morgan fingerprint density at radius 3 is 2.44 bits per heavy atom. The number of fused-ring (bicyclic) bond motifs is 1. The van der Waals surface area contributed by atoms with Crippen molar-refractivity contribution >= 4 is 23.2 Å². The second kappa shape index (κ2) is 6.12. The van der Waals surface area contributed by atoms with Gasteiger partial charge >= 0.3 is 0 Å². The second-order valence-electron chi connectivity index (χ2n) is 6.36. The van der Waals surface area contributed by atoms with Gasteiger partial charge in [-0.2, -0.15) is 0 Å². The zero-order valence-electron chi connectivity index (χ0n) is 14.6. The van der Waals surface area contributed by atoms with Gasteiger partial charge in [-0.3, -0.25) is 9.59 Å². The Kier molecular flexibility index (Phi) is 4.12. The fourth-order valence-electron chi connectivity index (χ4n) is 2.83. The van der Waals surface area contributed by atoms with E-state index in [1.807, 2.05) is 13.8 Å². The lowest BCUT2D eigenvalue weighted by atomic mass is 9.85. The molecule has 0 unspecified atom stereocenters. The van der Waals surface area contributed by atoms with E-state index in [4.69, 9.17) is 9.47 Å². The molecule has 6 nitrogen and oxygen atoms in total. The molecule has 0 aliphatic carbocycles. The Balaban J connectivity index is 1.86. The third-order valence-corrected chi connectivity index (χ3v) is 4.41. The summed E-state index contributed by atoms with van der Waals surface area (Å²) >= 11 is 0. The molecule has 0 aromatic heterocycles. The Bertz CT molecular complexity index is 858. The number of rotatable bonds is 4. The van der Waals surface area contributed by atoms with Crippen molar-refractivity contribution in [3.05, 3.63) is 47.5 Å². The van der Waals surface area contributed by atoms with E-state index in [1.165, 1.54) is 7.11 Å². The highest BCUT2D eigenvalue weighted by molar-refractivity contribution is 6.09. The van der Waals surface area contributed by atoms with Crippen molar-refractivity contribution in [3.63, 3.8) is 0 Å². The maximum Gasteiger partial charge on any atom is 0.255 e. The van der Waals surface area contributed by atoms with Gasteiger partial charge in [0.25, 0.3) is 5.91 Å². The number of nitrogens with one attached hydrogen (secondary N) is 2. The van der Waals surface area contributed by atoms with E-state index in [0.717, 1.165) is 11.3 Å². The van der Waals surface area contributed by atoms with Gasteiger partial charge in [0.05, 0.1) is 19.6 Å². The van der Waals surface area contributed by atoms with Gasteiger partial charge < -0.3 is 20.1 Å². The summed E-state index contributed by atoms with van der Waals surface area (Å²) in [5.41, 5.74) is 1.99. The fourth-order valence-corrected chi connectivity index (χ4v) is 2.83. The summed E-state index contributed by atoms with van der Waals surface area (Å²) in [6.07, 6.45) is 0. The summed E-state index contributed by atoms with van der Waals surface area (Å²) in [5.74, 6) is 0.791. The molecule has 1 aliphatic rings. The normalized spacial score (nSPS) is 14.5. The molecule has 3 rings (SSSR count). The van der Waals surface area contributed by atoms with Crippen LogP contribution in [0.1, 0.15) is 29.8 Å². The molecule has 0 fully saturated rings. The molecule has 0 spiro atoms. The van der Waals surface area contributed by atoms with Crippen LogP contribution < -0.4 is 20.1 Å². The van der Waals surface area contributed by atoms with Crippen LogP contribution in [0.3, 0.4) is 0 Å². The molecular weight excluding hydrogens is 320 g/mol. The maximum absolute atomic E-state index is 12.6. The van der Waals surface area contributed by atoms with Crippen LogP contribution in [0, 0.1) is 0 Å². The van der Waals surface area contributed by atoms with E-state index in [-0.39, 0.29) is 11.8 Å². The highest BCUT2D eigenvalue weighted by Gasteiger charge is 2.38. The van der Waals surface area contributed by atoms with Gasteiger partial charge in [-0.1, -0.05) is 0 Å². The highest BCUT2D eigenvalue weighted by Crippen LogP contribution is 2.38. The summed E-state index contributed by atoms with van der Waals surface area (Å²) in [6, 6.07) is 10.4. The topological polar surface area (TPSA) is 76.7 Å². The first-order valence-electron chi connectivity index (χ1n) is 7.86. The molecule has 0 atom stereocenters. The second-order valence-corrected chi connectivity index (χ2v) is 6.36. The summed E-state index contributed by atoms with van der Waals surface area (Å²) < 4.78 is 10.4. The maximum atomic E-state index is 12.6. The minimum Gasteiger partial charge on any atom is -0.493 e. The van der Waals surface area contributed by atoms with Gasteiger partial charge in [-0.05, 0) is 49.7 Å². The lowest BCUT2D eigenvalue weighted by molar-refractivity contribution is -0.119. The Morgan fingerprint density at radius 1 is 1.04 bits per heavy atom. The number of benzene rings is 2. The molecule has 0 radical (unpaired) electrons. The summed E-state index contributed by atoms with van der Waals surface area (Å²) in [5, 5.41) is 5.66. The minimum atomic E-state index is -0.658. The number of carbonyl (C=O) groups is 2. The van der Waals surface area contributed by atoms with Gasteiger partial charge in [0, 0.05) is 23.0 Å². The molecule has 1 heterocycles. The van der Waals surface area contributed by atoms with Crippen molar-refractivity contribution < 1.29 is 19.1 Å². The van der Waals surface area contributed by atoms with Crippen LogP contribution in [0.25, 0.3) is 0 Å². The number of hydrogen-bond donors (Lipinski definition) is 2. The first kappa shape index (κ1) is 16.8. The van der Waals surface area contributed by atoms with Crippen LogP contribution in [-0.2, 0) is 10.2 Å². The number of carbonyl (C=O) groups excluding carboxylic acids is 2. The summed E-state index contributed by atoms with van der Waals surface area (Å²) in [4.78, 5) is 24.6. The molecule has 2 N–H and O–H groups in total. The predicted molar refractivity (Wildman–Crippen MR) is 95.6 cm³/mol. The van der Waals surface area contributed by atoms with E-state index in [1.54, 1.807) is 43.5 Å². The van der Waals surface area contributed by atoms with Gasteiger partial charge in [0.1, 0.15) is 0 Å². The molecule has 2 aromatic rings. The largest absolute Gasteiger partial charge is 0.493 e. The van der Waals surface area contributed by atoms with Gasteiger partial charge in [0.2, 0.25) is 5.91 Å². The number of ether oxygens (including phenoxy) is 2. The first-order chi connectivity index (χ1) is 11.9. The van der Waals surface area contributed by atoms with E-state index >= 15 is 0 Å². The minimum absolute atomic E-state index is 0.0695. The molecule has 6 heteroatoms. The third kappa shape index (κ3) is 2.91. The first-order valence-corrected chi connectivity index (χ1v) is 7.86. The SMILES string of the molecule is COc1ccc(NC(=O)c2ccc3c(c2)C(C)(C)C(=O)N3)cc1OC. The highest BCUT2D eigenvalue weighted by atomic mass is 16.5. The van der Waals surface area contributed by atoms with Crippen molar-refractivity contribution in [3.8, 4) is 11.5 Å². The molecule has 2 amide bonds. The lowest BCUT2D eigenvalue weighted by Gasteiger charge is -2.16.